The molecule has 0 amide bonds. The summed E-state index contributed by atoms with van der Waals surface area (Å²) in [6, 6.07) is 5.96. The van der Waals surface area contributed by atoms with Crippen LogP contribution in [0.5, 0.6) is 5.75 Å². The van der Waals surface area contributed by atoms with Gasteiger partial charge in [-0.2, -0.15) is 0 Å². The van der Waals surface area contributed by atoms with E-state index in [4.69, 9.17) is 21.2 Å². The first-order valence-electron chi connectivity index (χ1n) is 12.9. The Labute approximate surface area is 211 Å². The molecule has 1 aromatic rings. The summed E-state index contributed by atoms with van der Waals surface area (Å²) >= 11 is 6.92. The van der Waals surface area contributed by atoms with E-state index in [0.717, 1.165) is 50.7 Å². The van der Waals surface area contributed by atoms with E-state index in [1.807, 2.05) is 0 Å². The van der Waals surface area contributed by atoms with Crippen LogP contribution >= 0.6 is 11.6 Å². The van der Waals surface area contributed by atoms with Crippen molar-refractivity contribution in [2.45, 2.75) is 83.6 Å². The fourth-order valence-corrected chi connectivity index (χ4v) is 8.71. The number of hydrogen-bond acceptors (Lipinski definition) is 6. The van der Waals surface area contributed by atoms with Crippen LogP contribution in [0.15, 0.2) is 29.4 Å². The second-order valence-electron chi connectivity index (χ2n) is 11.7. The molecule has 0 saturated heterocycles. The zero-order valence-corrected chi connectivity index (χ0v) is 21.5. The molecular weight excluding hydrogens is 468 g/mol. The topological polar surface area (TPSA) is 91.0 Å². The quantitative estimate of drug-likeness (QED) is 0.202. The van der Waals surface area contributed by atoms with Gasteiger partial charge >= 0.3 is 5.97 Å². The summed E-state index contributed by atoms with van der Waals surface area (Å²) in [5.41, 5.74) is 1.16. The van der Waals surface area contributed by atoms with Crippen LogP contribution in [-0.2, 0) is 9.53 Å². The Hall–Kier alpha value is -2.15. The van der Waals surface area contributed by atoms with Crippen molar-refractivity contribution in [1.82, 2.24) is 0 Å². The number of non-ortho nitro benzene ring substituents is 1. The minimum atomic E-state index is -0.432. The highest BCUT2D eigenvalue weighted by Gasteiger charge is 2.61. The number of esters is 1. The molecule has 7 nitrogen and oxygen atoms in total. The fourth-order valence-electron chi connectivity index (χ4n) is 8.25. The van der Waals surface area contributed by atoms with Crippen molar-refractivity contribution in [2.24, 2.45) is 39.7 Å². The van der Waals surface area contributed by atoms with Crippen LogP contribution in [-0.4, -0.2) is 28.1 Å². The Balaban J connectivity index is 1.29. The first kappa shape index (κ1) is 24.5. The van der Waals surface area contributed by atoms with Gasteiger partial charge in [0.15, 0.2) is 5.75 Å². The van der Waals surface area contributed by atoms with Crippen molar-refractivity contribution in [3.63, 3.8) is 0 Å². The van der Waals surface area contributed by atoms with E-state index >= 15 is 0 Å². The molecule has 35 heavy (non-hydrogen) atoms. The molecule has 0 unspecified atom stereocenters. The highest BCUT2D eigenvalue weighted by molar-refractivity contribution is 6.32. The average molecular weight is 503 g/mol. The number of halogens is 1. The molecule has 0 spiro atoms. The lowest BCUT2D eigenvalue weighted by Gasteiger charge is -2.60. The third-order valence-electron chi connectivity index (χ3n) is 10.0. The molecule has 4 fully saturated rings. The van der Waals surface area contributed by atoms with Crippen LogP contribution in [0.3, 0.4) is 0 Å². The molecule has 0 radical (unpaired) electrons. The van der Waals surface area contributed by atoms with E-state index < -0.39 is 4.92 Å². The van der Waals surface area contributed by atoms with Gasteiger partial charge in [-0.25, -0.2) is 0 Å². The van der Waals surface area contributed by atoms with E-state index in [1.165, 1.54) is 25.5 Å². The van der Waals surface area contributed by atoms with Crippen LogP contribution in [0.25, 0.3) is 0 Å². The summed E-state index contributed by atoms with van der Waals surface area (Å²) in [5.74, 6) is 2.74. The molecule has 4 saturated carbocycles. The van der Waals surface area contributed by atoms with Crippen molar-refractivity contribution in [2.75, 3.05) is 0 Å². The largest absolute Gasteiger partial charge is 0.462 e. The molecule has 5 rings (SSSR count). The Morgan fingerprint density at radius 3 is 2.49 bits per heavy atom. The van der Waals surface area contributed by atoms with Gasteiger partial charge in [0.05, 0.1) is 16.0 Å². The number of hydrogen-bond donors (Lipinski definition) is 0. The zero-order valence-electron chi connectivity index (χ0n) is 20.7. The van der Waals surface area contributed by atoms with Crippen molar-refractivity contribution in [3.05, 3.63) is 34.4 Å². The molecule has 190 valence electrons. The third kappa shape index (κ3) is 4.24. The molecule has 0 bridgehead atoms. The van der Waals surface area contributed by atoms with Gasteiger partial charge in [-0.15, -0.1) is 11.6 Å². The van der Waals surface area contributed by atoms with E-state index in [0.29, 0.717) is 29.4 Å². The standard InChI is InChI=1S/C27H35ClN2O5/c1-16(31)34-25-11-10-21-20-9-4-17-14-24(29-35-19-7-5-18(6-8-19)30(32)33)23(28)15-27(17,3)22(20)12-13-26(21,25)2/h5-8,17,20-23,25H,4,9-15H2,1-3H3/b29-24-/t17-,20-,21-,22-,23+,25-,26-,27-/m0/s1. The summed E-state index contributed by atoms with van der Waals surface area (Å²) in [4.78, 5) is 27.8. The molecule has 0 N–H and O–H groups in total. The van der Waals surface area contributed by atoms with Crippen LogP contribution < -0.4 is 4.84 Å². The van der Waals surface area contributed by atoms with E-state index in [-0.39, 0.29) is 34.0 Å². The summed E-state index contributed by atoms with van der Waals surface area (Å²) < 4.78 is 5.78. The number of nitro benzene ring substituents is 1. The third-order valence-corrected chi connectivity index (χ3v) is 10.4. The van der Waals surface area contributed by atoms with Gasteiger partial charge in [-0.3, -0.25) is 14.9 Å². The minimum Gasteiger partial charge on any atom is -0.462 e. The van der Waals surface area contributed by atoms with Gasteiger partial charge < -0.3 is 9.57 Å². The number of carbonyl (C=O) groups is 1. The molecule has 0 heterocycles. The fraction of sp³-hybridized carbons (Fsp3) is 0.704. The molecule has 8 heteroatoms. The molecule has 4 aliphatic carbocycles. The van der Waals surface area contributed by atoms with E-state index in [2.05, 4.69) is 19.0 Å². The number of nitro groups is 1. The first-order chi connectivity index (χ1) is 16.6. The van der Waals surface area contributed by atoms with Gasteiger partial charge in [0.1, 0.15) is 6.10 Å². The molecular formula is C27H35ClN2O5. The van der Waals surface area contributed by atoms with Crippen LogP contribution in [0.2, 0.25) is 0 Å². The molecule has 4 aliphatic rings. The lowest BCUT2D eigenvalue weighted by molar-refractivity contribution is -0.384. The summed E-state index contributed by atoms with van der Waals surface area (Å²) in [7, 11) is 0. The van der Waals surface area contributed by atoms with Gasteiger partial charge in [0, 0.05) is 24.5 Å². The maximum absolute atomic E-state index is 11.7. The number of benzene rings is 1. The predicted octanol–water partition coefficient (Wildman–Crippen LogP) is 6.52. The molecule has 1 aromatic carbocycles. The number of ether oxygens (including phenoxy) is 1. The van der Waals surface area contributed by atoms with E-state index in [9.17, 15) is 14.9 Å². The first-order valence-corrected chi connectivity index (χ1v) is 13.3. The number of rotatable bonds is 4. The highest BCUT2D eigenvalue weighted by atomic mass is 35.5. The lowest BCUT2D eigenvalue weighted by Crippen LogP contribution is -2.56. The lowest BCUT2D eigenvalue weighted by atomic mass is 9.45. The summed E-state index contributed by atoms with van der Waals surface area (Å²) in [5, 5.41) is 15.1. The number of fused-ring (bicyclic) bond motifs is 5. The smallest absolute Gasteiger partial charge is 0.302 e. The van der Waals surface area contributed by atoms with Gasteiger partial charge in [0.25, 0.3) is 5.69 Å². The van der Waals surface area contributed by atoms with Crippen LogP contribution in [0.1, 0.15) is 72.1 Å². The van der Waals surface area contributed by atoms with E-state index in [1.54, 1.807) is 12.1 Å². The molecule has 0 aromatic heterocycles. The van der Waals surface area contributed by atoms with Gasteiger partial charge in [-0.05, 0) is 92.6 Å². The maximum Gasteiger partial charge on any atom is 0.302 e. The number of carbonyl (C=O) groups excluding carboxylic acids is 1. The SMILES string of the molecule is CC(=O)O[C@H]1CC[C@H]2[C@@H]3CC[C@H]4C/C(=N/Oc5ccc([N+](=O)[O-])cc5)[C@H](Cl)C[C@]4(C)[C@H]3CC[C@]12C. The zero-order chi connectivity index (χ0) is 25.0. The van der Waals surface area contributed by atoms with Crippen LogP contribution in [0.4, 0.5) is 5.69 Å². The van der Waals surface area contributed by atoms with Crippen LogP contribution in [0, 0.1) is 44.6 Å². The molecule has 8 atom stereocenters. The Bertz CT molecular complexity index is 1030. The number of oxime groups is 1. The van der Waals surface area contributed by atoms with Crippen molar-refractivity contribution >= 4 is 29.0 Å². The van der Waals surface area contributed by atoms with Crippen molar-refractivity contribution < 1.29 is 19.3 Å². The summed E-state index contributed by atoms with van der Waals surface area (Å²) in [6.45, 7) is 6.33. The number of alkyl halides is 1. The molecule has 0 aliphatic heterocycles. The van der Waals surface area contributed by atoms with Gasteiger partial charge in [0.2, 0.25) is 0 Å². The minimum absolute atomic E-state index is 0.0236. The Kier molecular flexibility index (Phi) is 6.35. The van der Waals surface area contributed by atoms with Crippen molar-refractivity contribution in [1.29, 1.82) is 0 Å². The van der Waals surface area contributed by atoms with Crippen molar-refractivity contribution in [3.8, 4) is 5.75 Å². The Morgan fingerprint density at radius 1 is 1.09 bits per heavy atom. The highest BCUT2D eigenvalue weighted by Crippen LogP contribution is 2.66. The second kappa shape index (κ2) is 9.06. The maximum atomic E-state index is 11.7. The Morgan fingerprint density at radius 2 is 1.80 bits per heavy atom. The predicted molar refractivity (Wildman–Crippen MR) is 133 cm³/mol. The average Bonchev–Trinajstić information content (AvgIpc) is 3.13. The number of nitrogens with zero attached hydrogens (tertiary/aromatic N) is 2. The monoisotopic (exact) mass is 502 g/mol. The second-order valence-corrected chi connectivity index (χ2v) is 12.2. The summed E-state index contributed by atoms with van der Waals surface area (Å²) in [6.07, 6.45) is 8.55. The normalized spacial score (nSPS) is 41.4. The van der Waals surface area contributed by atoms with Gasteiger partial charge in [-0.1, -0.05) is 19.0 Å².